The Kier molecular flexibility index (Phi) is 8.45. The number of hydrogen-bond acceptors (Lipinski definition) is 5. The monoisotopic (exact) mass is 574 g/mol. The molecule has 1 aliphatic rings. The summed E-state index contributed by atoms with van der Waals surface area (Å²) in [6, 6.07) is 29.9. The number of carbonyl (C=O) groups excluding carboxylic acids is 1. The molecule has 1 aliphatic heterocycles. The van der Waals surface area contributed by atoms with Crippen LogP contribution >= 0.6 is 0 Å². The molecule has 0 aliphatic carbocycles. The van der Waals surface area contributed by atoms with Gasteiger partial charge in [0.05, 0.1) is 17.1 Å². The van der Waals surface area contributed by atoms with Crippen LogP contribution in [0, 0.1) is 0 Å². The zero-order chi connectivity index (χ0) is 29.9. The van der Waals surface area contributed by atoms with Crippen LogP contribution < -0.4 is 16.0 Å². The number of piperidine rings is 1. The smallest absolute Gasteiger partial charge is 0.241 e. The van der Waals surface area contributed by atoms with Crippen LogP contribution in [0.1, 0.15) is 36.7 Å². The predicted molar refractivity (Wildman–Crippen MR) is 177 cm³/mol. The van der Waals surface area contributed by atoms with Crippen molar-refractivity contribution in [2.45, 2.75) is 51.2 Å². The van der Waals surface area contributed by atoms with E-state index in [1.165, 1.54) is 22.0 Å². The van der Waals surface area contributed by atoms with E-state index in [2.05, 4.69) is 107 Å². The van der Waals surface area contributed by atoms with E-state index in [9.17, 15) is 4.79 Å². The minimum absolute atomic E-state index is 0.0257. The number of hydrogen-bond donors (Lipinski definition) is 2. The molecule has 2 heterocycles. The Labute approximate surface area is 254 Å². The molecule has 43 heavy (non-hydrogen) atoms. The van der Waals surface area contributed by atoms with Crippen LogP contribution in [0.2, 0.25) is 0 Å². The number of aromatic nitrogens is 2. The fourth-order valence-electron chi connectivity index (χ4n) is 6.33. The summed E-state index contributed by atoms with van der Waals surface area (Å²) in [5.41, 5.74) is 12.1. The Morgan fingerprint density at radius 3 is 2.42 bits per heavy atom. The maximum absolute atomic E-state index is 13.3. The van der Waals surface area contributed by atoms with Crippen molar-refractivity contribution in [2.24, 2.45) is 12.8 Å². The summed E-state index contributed by atoms with van der Waals surface area (Å²) in [4.78, 5) is 22.9. The Morgan fingerprint density at radius 2 is 1.67 bits per heavy atom. The van der Waals surface area contributed by atoms with Gasteiger partial charge in [-0.25, -0.2) is 4.98 Å². The number of fused-ring (bicyclic) bond motifs is 2. The molecule has 1 unspecified atom stereocenters. The number of amides is 1. The maximum Gasteiger partial charge on any atom is 0.241 e. The molecule has 4 aromatic carbocycles. The van der Waals surface area contributed by atoms with Crippen molar-refractivity contribution in [1.29, 1.82) is 0 Å². The van der Waals surface area contributed by atoms with E-state index in [4.69, 9.17) is 10.7 Å². The summed E-state index contributed by atoms with van der Waals surface area (Å²) >= 11 is 0. The van der Waals surface area contributed by atoms with E-state index in [0.29, 0.717) is 12.6 Å². The first-order chi connectivity index (χ1) is 20.9. The molecular weight excluding hydrogens is 532 g/mol. The second-order valence-electron chi connectivity index (χ2n) is 11.9. The second kappa shape index (κ2) is 12.6. The normalized spacial score (nSPS) is 15.2. The fourth-order valence-corrected chi connectivity index (χ4v) is 6.33. The van der Waals surface area contributed by atoms with Gasteiger partial charge >= 0.3 is 0 Å². The van der Waals surface area contributed by atoms with Gasteiger partial charge in [0.1, 0.15) is 5.82 Å². The Bertz CT molecular complexity index is 1720. The molecule has 1 fully saturated rings. The number of rotatable bonds is 9. The summed E-state index contributed by atoms with van der Waals surface area (Å²) in [6.45, 7) is 4.37. The number of carbonyl (C=O) groups is 1. The second-order valence-corrected chi connectivity index (χ2v) is 11.9. The average Bonchev–Trinajstić information content (AvgIpc) is 3.37. The van der Waals surface area contributed by atoms with Crippen LogP contribution in [0.25, 0.3) is 21.8 Å². The standard InChI is InChI=1S/C36H42N6O/c1-25(42-20-18-31(19-21-42)40(2)32-15-13-28-6-4-5-7-29(28)22-32)36(43)38-30-14-16-34-33(23-30)39-35(41(34)3)17-12-26-8-10-27(24-37)11-9-26/h4-11,13-16,22-23,25,31H,12,17-21,24,37H2,1-3H3,(H,38,43). The van der Waals surface area contributed by atoms with Gasteiger partial charge in [0, 0.05) is 57.6 Å². The van der Waals surface area contributed by atoms with Gasteiger partial charge in [0.2, 0.25) is 5.91 Å². The molecule has 1 saturated heterocycles. The van der Waals surface area contributed by atoms with Crippen LogP contribution in [-0.2, 0) is 31.2 Å². The highest BCUT2D eigenvalue weighted by Crippen LogP contribution is 2.27. The highest BCUT2D eigenvalue weighted by atomic mass is 16.2. The quantitative estimate of drug-likeness (QED) is 0.229. The lowest BCUT2D eigenvalue weighted by molar-refractivity contribution is -0.121. The van der Waals surface area contributed by atoms with Crippen molar-refractivity contribution in [3.8, 4) is 0 Å². The number of nitrogens with zero attached hydrogens (tertiary/aromatic N) is 4. The first-order valence-corrected chi connectivity index (χ1v) is 15.4. The largest absolute Gasteiger partial charge is 0.371 e. The molecule has 7 heteroatoms. The van der Waals surface area contributed by atoms with Crippen LogP contribution in [0.4, 0.5) is 11.4 Å². The fraction of sp³-hybridized carbons (Fsp3) is 0.333. The minimum Gasteiger partial charge on any atom is -0.371 e. The lowest BCUT2D eigenvalue weighted by atomic mass is 10.0. The van der Waals surface area contributed by atoms with Crippen molar-refractivity contribution < 1.29 is 4.79 Å². The summed E-state index contributed by atoms with van der Waals surface area (Å²) in [5, 5.41) is 5.69. The highest BCUT2D eigenvalue weighted by Gasteiger charge is 2.28. The van der Waals surface area contributed by atoms with E-state index in [1.807, 2.05) is 19.1 Å². The number of benzene rings is 4. The number of imidazole rings is 1. The van der Waals surface area contributed by atoms with Crippen LogP contribution in [0.15, 0.2) is 84.9 Å². The van der Waals surface area contributed by atoms with Crippen LogP contribution in [0.5, 0.6) is 0 Å². The molecule has 0 spiro atoms. The van der Waals surface area contributed by atoms with E-state index >= 15 is 0 Å². The summed E-state index contributed by atoms with van der Waals surface area (Å²) in [6.07, 6.45) is 3.82. The summed E-state index contributed by atoms with van der Waals surface area (Å²) in [7, 11) is 4.25. The first-order valence-electron chi connectivity index (χ1n) is 15.4. The summed E-state index contributed by atoms with van der Waals surface area (Å²) in [5.74, 6) is 1.06. The Morgan fingerprint density at radius 1 is 0.953 bits per heavy atom. The molecule has 1 atom stereocenters. The number of anilines is 2. The Balaban J connectivity index is 1.04. The van der Waals surface area contributed by atoms with Gasteiger partial charge in [-0.1, -0.05) is 54.6 Å². The molecule has 6 rings (SSSR count). The number of aryl methyl sites for hydroxylation is 3. The number of nitrogens with two attached hydrogens (primary N) is 1. The number of likely N-dealkylation sites (tertiary alicyclic amines) is 1. The minimum atomic E-state index is -0.201. The molecular formula is C36H42N6O. The van der Waals surface area contributed by atoms with Gasteiger partial charge in [-0.2, -0.15) is 0 Å². The van der Waals surface area contributed by atoms with E-state index in [1.54, 1.807) is 0 Å². The molecule has 0 saturated carbocycles. The third-order valence-electron chi connectivity index (χ3n) is 9.25. The van der Waals surface area contributed by atoms with E-state index in [0.717, 1.165) is 66.9 Å². The SMILES string of the molecule is CC(C(=O)Nc1ccc2c(c1)nc(CCc1ccc(CN)cc1)n2C)N1CCC(N(C)c2ccc3ccccc3c2)CC1. The van der Waals surface area contributed by atoms with E-state index < -0.39 is 0 Å². The molecule has 3 N–H and O–H groups in total. The third-order valence-corrected chi connectivity index (χ3v) is 9.25. The van der Waals surface area contributed by atoms with Gasteiger partial charge in [-0.3, -0.25) is 9.69 Å². The zero-order valence-electron chi connectivity index (χ0n) is 25.5. The molecule has 0 bridgehead atoms. The topological polar surface area (TPSA) is 79.4 Å². The van der Waals surface area contributed by atoms with Gasteiger partial charge in [-0.05, 0) is 78.4 Å². The van der Waals surface area contributed by atoms with Crippen molar-refractivity contribution in [3.63, 3.8) is 0 Å². The predicted octanol–water partition coefficient (Wildman–Crippen LogP) is 5.90. The zero-order valence-corrected chi connectivity index (χ0v) is 25.5. The molecule has 5 aromatic rings. The van der Waals surface area contributed by atoms with Crippen molar-refractivity contribution in [3.05, 3.63) is 102 Å². The lowest BCUT2D eigenvalue weighted by Gasteiger charge is -2.39. The van der Waals surface area contributed by atoms with Crippen LogP contribution in [0.3, 0.4) is 0 Å². The van der Waals surface area contributed by atoms with E-state index in [-0.39, 0.29) is 11.9 Å². The Hall–Kier alpha value is -4.20. The molecule has 0 radical (unpaired) electrons. The summed E-state index contributed by atoms with van der Waals surface area (Å²) < 4.78 is 2.15. The lowest BCUT2D eigenvalue weighted by Crippen LogP contribution is -2.50. The van der Waals surface area contributed by atoms with Crippen molar-refractivity contribution in [2.75, 3.05) is 30.4 Å². The van der Waals surface area contributed by atoms with Crippen molar-refractivity contribution >= 4 is 39.1 Å². The third kappa shape index (κ3) is 6.28. The van der Waals surface area contributed by atoms with Crippen LogP contribution in [-0.4, -0.2) is 52.6 Å². The highest BCUT2D eigenvalue weighted by molar-refractivity contribution is 5.96. The maximum atomic E-state index is 13.3. The molecule has 1 aromatic heterocycles. The average molecular weight is 575 g/mol. The van der Waals surface area contributed by atoms with Gasteiger partial charge in [-0.15, -0.1) is 0 Å². The molecule has 222 valence electrons. The number of nitrogens with one attached hydrogen (secondary N) is 1. The molecule has 1 amide bonds. The molecule has 7 nitrogen and oxygen atoms in total. The van der Waals surface area contributed by atoms with Gasteiger partial charge in [0.25, 0.3) is 0 Å². The van der Waals surface area contributed by atoms with Gasteiger partial charge in [0.15, 0.2) is 0 Å². The van der Waals surface area contributed by atoms with Crippen molar-refractivity contribution in [1.82, 2.24) is 14.5 Å². The first kappa shape index (κ1) is 28.9. The van der Waals surface area contributed by atoms with Gasteiger partial charge < -0.3 is 20.5 Å².